The minimum absolute atomic E-state index is 0.878. The number of methoxy groups -OCH3 is 1. The molecule has 0 unspecified atom stereocenters. The molecule has 0 radical (unpaired) electrons. The van der Waals surface area contributed by atoms with Gasteiger partial charge in [-0.25, -0.2) is 0 Å². The second-order valence-corrected chi connectivity index (χ2v) is 5.17. The molecule has 110 valence electrons. The summed E-state index contributed by atoms with van der Waals surface area (Å²) in [6, 6.07) is 27.0. The van der Waals surface area contributed by atoms with E-state index in [4.69, 9.17) is 4.74 Å². The number of hydrogen-bond donors (Lipinski definition) is 0. The number of hydrogen-bond acceptors (Lipinski definition) is 2. The normalized spacial score (nSPS) is 10.3. The second-order valence-electron chi connectivity index (χ2n) is 5.17. The molecule has 0 saturated heterocycles. The van der Waals surface area contributed by atoms with E-state index in [2.05, 4.69) is 72.6 Å². The van der Waals surface area contributed by atoms with E-state index in [0.717, 1.165) is 17.0 Å². The maximum Gasteiger partial charge on any atom is 0.119 e. The van der Waals surface area contributed by atoms with Gasteiger partial charge in [0, 0.05) is 18.4 Å². The summed E-state index contributed by atoms with van der Waals surface area (Å²) in [7, 11) is 3.77. The van der Waals surface area contributed by atoms with Gasteiger partial charge in [0.25, 0.3) is 0 Å². The summed E-state index contributed by atoms with van der Waals surface area (Å²) in [5.41, 5.74) is 4.69. The summed E-state index contributed by atoms with van der Waals surface area (Å²) in [6.45, 7) is 0. The molecule has 0 aliphatic rings. The maximum absolute atomic E-state index is 5.29. The number of rotatable bonds is 4. The fourth-order valence-corrected chi connectivity index (χ4v) is 2.48. The van der Waals surface area contributed by atoms with Crippen molar-refractivity contribution in [2.75, 3.05) is 19.1 Å². The van der Waals surface area contributed by atoms with Gasteiger partial charge in [-0.1, -0.05) is 42.5 Å². The van der Waals surface area contributed by atoms with Crippen LogP contribution in [0.2, 0.25) is 0 Å². The molecule has 0 spiro atoms. The third-order valence-electron chi connectivity index (χ3n) is 3.80. The Bertz CT molecular complexity index is 735. The van der Waals surface area contributed by atoms with Crippen LogP contribution < -0.4 is 9.64 Å². The van der Waals surface area contributed by atoms with E-state index < -0.39 is 0 Å². The van der Waals surface area contributed by atoms with Crippen LogP contribution in [0.25, 0.3) is 11.1 Å². The molecular weight excluding hydrogens is 270 g/mol. The molecule has 0 amide bonds. The molecule has 0 fully saturated rings. The lowest BCUT2D eigenvalue weighted by Crippen LogP contribution is -2.08. The third kappa shape index (κ3) is 2.96. The average Bonchev–Trinajstić information content (AvgIpc) is 2.62. The molecule has 0 atom stereocenters. The number of anilines is 2. The third-order valence-corrected chi connectivity index (χ3v) is 3.80. The van der Waals surface area contributed by atoms with E-state index >= 15 is 0 Å². The molecule has 0 bridgehead atoms. The van der Waals surface area contributed by atoms with Gasteiger partial charge in [-0.05, 0) is 47.5 Å². The van der Waals surface area contributed by atoms with Crippen LogP contribution in [0.1, 0.15) is 0 Å². The monoisotopic (exact) mass is 289 g/mol. The van der Waals surface area contributed by atoms with Crippen molar-refractivity contribution in [2.45, 2.75) is 0 Å². The first kappa shape index (κ1) is 14.2. The Morgan fingerprint density at radius 1 is 0.682 bits per heavy atom. The first-order valence-corrected chi connectivity index (χ1v) is 7.31. The molecule has 22 heavy (non-hydrogen) atoms. The lowest BCUT2D eigenvalue weighted by atomic mass is 10.0. The molecular formula is C20H19NO. The number of nitrogens with zero attached hydrogens (tertiary/aromatic N) is 1. The van der Waals surface area contributed by atoms with Crippen molar-refractivity contribution in [3.05, 3.63) is 78.9 Å². The molecule has 2 nitrogen and oxygen atoms in total. The van der Waals surface area contributed by atoms with Gasteiger partial charge < -0.3 is 9.64 Å². The Balaban J connectivity index is 1.86. The molecule has 3 aromatic carbocycles. The van der Waals surface area contributed by atoms with Crippen LogP contribution in [0.3, 0.4) is 0 Å². The largest absolute Gasteiger partial charge is 0.497 e. The fraction of sp³-hybridized carbons (Fsp3) is 0.100. The van der Waals surface area contributed by atoms with Crippen molar-refractivity contribution in [1.29, 1.82) is 0 Å². The van der Waals surface area contributed by atoms with E-state index in [0.29, 0.717) is 0 Å². The van der Waals surface area contributed by atoms with Crippen LogP contribution in [0, 0.1) is 0 Å². The van der Waals surface area contributed by atoms with Gasteiger partial charge in [0.2, 0.25) is 0 Å². The van der Waals surface area contributed by atoms with Gasteiger partial charge in [-0.15, -0.1) is 0 Å². The predicted octanol–water partition coefficient (Wildman–Crippen LogP) is 5.13. The van der Waals surface area contributed by atoms with E-state index in [9.17, 15) is 0 Å². The van der Waals surface area contributed by atoms with E-state index in [1.807, 2.05) is 18.2 Å². The molecule has 3 aromatic rings. The quantitative estimate of drug-likeness (QED) is 0.660. The van der Waals surface area contributed by atoms with Crippen molar-refractivity contribution >= 4 is 11.4 Å². The van der Waals surface area contributed by atoms with Crippen LogP contribution in [0.15, 0.2) is 78.9 Å². The van der Waals surface area contributed by atoms with Crippen molar-refractivity contribution in [3.63, 3.8) is 0 Å². The van der Waals surface area contributed by atoms with Gasteiger partial charge in [0.1, 0.15) is 5.75 Å². The summed E-state index contributed by atoms with van der Waals surface area (Å²) in [5.74, 6) is 0.878. The Hall–Kier alpha value is -2.74. The van der Waals surface area contributed by atoms with E-state index in [-0.39, 0.29) is 0 Å². The summed E-state index contributed by atoms with van der Waals surface area (Å²) in [4.78, 5) is 2.18. The lowest BCUT2D eigenvalue weighted by molar-refractivity contribution is 0.415. The summed E-state index contributed by atoms with van der Waals surface area (Å²) < 4.78 is 5.29. The van der Waals surface area contributed by atoms with Gasteiger partial charge >= 0.3 is 0 Å². The zero-order valence-corrected chi connectivity index (χ0v) is 12.9. The van der Waals surface area contributed by atoms with Crippen LogP contribution in [0.4, 0.5) is 11.4 Å². The molecule has 0 aliphatic heterocycles. The number of para-hydroxylation sites is 1. The Labute approximate surface area is 131 Å². The first-order valence-electron chi connectivity index (χ1n) is 7.31. The van der Waals surface area contributed by atoms with Crippen molar-refractivity contribution in [1.82, 2.24) is 0 Å². The maximum atomic E-state index is 5.29. The topological polar surface area (TPSA) is 12.5 Å². The van der Waals surface area contributed by atoms with Crippen LogP contribution in [-0.2, 0) is 0 Å². The second kappa shape index (κ2) is 6.35. The Morgan fingerprint density at radius 3 is 2.05 bits per heavy atom. The molecule has 3 rings (SSSR count). The Kier molecular flexibility index (Phi) is 4.10. The van der Waals surface area contributed by atoms with Crippen molar-refractivity contribution in [3.8, 4) is 16.9 Å². The molecule has 2 heteroatoms. The van der Waals surface area contributed by atoms with Crippen LogP contribution in [0.5, 0.6) is 5.75 Å². The summed E-state index contributed by atoms with van der Waals surface area (Å²) >= 11 is 0. The highest BCUT2D eigenvalue weighted by atomic mass is 16.5. The highest BCUT2D eigenvalue weighted by Gasteiger charge is 2.04. The van der Waals surface area contributed by atoms with Crippen LogP contribution in [-0.4, -0.2) is 14.2 Å². The highest BCUT2D eigenvalue weighted by Crippen LogP contribution is 2.28. The van der Waals surface area contributed by atoms with E-state index in [1.165, 1.54) is 11.3 Å². The number of ether oxygens (including phenoxy) is 1. The first-order chi connectivity index (χ1) is 10.8. The molecule has 0 saturated carbocycles. The number of benzene rings is 3. The SMILES string of the molecule is COc1cccc(-c2ccc(N(C)c3ccccc3)cc2)c1. The summed E-state index contributed by atoms with van der Waals surface area (Å²) in [6.07, 6.45) is 0. The lowest BCUT2D eigenvalue weighted by Gasteiger charge is -2.19. The van der Waals surface area contributed by atoms with Gasteiger partial charge in [-0.3, -0.25) is 0 Å². The van der Waals surface area contributed by atoms with Gasteiger partial charge in [-0.2, -0.15) is 0 Å². The van der Waals surface area contributed by atoms with E-state index in [1.54, 1.807) is 7.11 Å². The summed E-state index contributed by atoms with van der Waals surface area (Å²) in [5, 5.41) is 0. The zero-order valence-electron chi connectivity index (χ0n) is 12.9. The Morgan fingerprint density at radius 2 is 1.36 bits per heavy atom. The van der Waals surface area contributed by atoms with Gasteiger partial charge in [0.05, 0.1) is 7.11 Å². The van der Waals surface area contributed by atoms with Crippen molar-refractivity contribution < 1.29 is 4.74 Å². The molecule has 0 heterocycles. The van der Waals surface area contributed by atoms with Crippen molar-refractivity contribution in [2.24, 2.45) is 0 Å². The minimum Gasteiger partial charge on any atom is -0.497 e. The molecule has 0 aliphatic carbocycles. The highest BCUT2D eigenvalue weighted by molar-refractivity contribution is 5.70. The van der Waals surface area contributed by atoms with Gasteiger partial charge in [0.15, 0.2) is 0 Å². The predicted molar refractivity (Wildman–Crippen MR) is 92.9 cm³/mol. The zero-order chi connectivity index (χ0) is 15.4. The standard InChI is InChI=1S/C20H19NO/c1-21(18-8-4-3-5-9-18)19-13-11-16(12-14-19)17-7-6-10-20(15-17)22-2/h3-15H,1-2H3. The molecule has 0 N–H and O–H groups in total. The fourth-order valence-electron chi connectivity index (χ4n) is 2.48. The average molecular weight is 289 g/mol. The molecule has 0 aromatic heterocycles. The smallest absolute Gasteiger partial charge is 0.119 e. The minimum atomic E-state index is 0.878. The van der Waals surface area contributed by atoms with Crippen LogP contribution >= 0.6 is 0 Å².